The second-order valence-corrected chi connectivity index (χ2v) is 7.78. The number of carbonyl (C=O) groups excluding carboxylic acids is 1. The molecule has 0 saturated carbocycles. The van der Waals surface area contributed by atoms with Crippen molar-refractivity contribution in [3.05, 3.63) is 77.5 Å². The van der Waals surface area contributed by atoms with Crippen molar-refractivity contribution >= 4 is 26.8 Å². The van der Waals surface area contributed by atoms with Crippen LogP contribution in [0.25, 0.3) is 10.9 Å². The van der Waals surface area contributed by atoms with Gasteiger partial charge < -0.3 is 5.32 Å². The van der Waals surface area contributed by atoms with E-state index < -0.39 is 10.0 Å². The summed E-state index contributed by atoms with van der Waals surface area (Å²) in [7, 11) is -1.90. The Morgan fingerprint density at radius 3 is 2.38 bits per heavy atom. The molecular formula is C19H19N3O3S. The molecule has 134 valence electrons. The zero-order valence-electron chi connectivity index (χ0n) is 14.3. The van der Waals surface area contributed by atoms with Crippen LogP contribution < -0.4 is 10.0 Å². The molecule has 0 unspecified atom stereocenters. The van der Waals surface area contributed by atoms with Crippen LogP contribution in [0.2, 0.25) is 0 Å². The summed E-state index contributed by atoms with van der Waals surface area (Å²) in [6.07, 6.45) is 0. The third-order valence-electron chi connectivity index (χ3n) is 3.97. The Labute approximate surface area is 152 Å². The smallest absolute Gasteiger partial charge is 0.270 e. The maximum atomic E-state index is 12.3. The average Bonchev–Trinajstić information content (AvgIpc) is 2.66. The molecule has 0 radical (unpaired) electrons. The lowest BCUT2D eigenvalue weighted by Crippen LogP contribution is -2.23. The van der Waals surface area contributed by atoms with Gasteiger partial charge in [0.05, 0.1) is 11.3 Å². The van der Waals surface area contributed by atoms with Crippen molar-refractivity contribution in [2.45, 2.75) is 12.3 Å². The van der Waals surface area contributed by atoms with Crippen molar-refractivity contribution in [3.8, 4) is 0 Å². The zero-order valence-corrected chi connectivity index (χ0v) is 15.1. The SMILES string of the molecule is CNS(=O)(=O)Cc1ccc(CNC(=O)c2ccc3ccccc3n2)cc1. The fraction of sp³-hybridized carbons (Fsp3) is 0.158. The predicted molar refractivity (Wildman–Crippen MR) is 101 cm³/mol. The van der Waals surface area contributed by atoms with Crippen LogP contribution in [0.4, 0.5) is 0 Å². The first-order valence-electron chi connectivity index (χ1n) is 8.10. The van der Waals surface area contributed by atoms with E-state index in [1.165, 1.54) is 7.05 Å². The molecule has 0 saturated heterocycles. The quantitative estimate of drug-likeness (QED) is 0.697. The van der Waals surface area contributed by atoms with Crippen molar-refractivity contribution in [2.75, 3.05) is 7.05 Å². The van der Waals surface area contributed by atoms with Gasteiger partial charge in [-0.3, -0.25) is 4.79 Å². The molecule has 0 bridgehead atoms. The van der Waals surface area contributed by atoms with Gasteiger partial charge in [0.15, 0.2) is 0 Å². The first-order chi connectivity index (χ1) is 12.5. The molecule has 0 atom stereocenters. The van der Waals surface area contributed by atoms with Crippen molar-refractivity contribution < 1.29 is 13.2 Å². The molecule has 0 spiro atoms. The van der Waals surface area contributed by atoms with Gasteiger partial charge in [0.2, 0.25) is 10.0 Å². The lowest BCUT2D eigenvalue weighted by atomic mass is 10.1. The van der Waals surface area contributed by atoms with Crippen LogP contribution in [0.3, 0.4) is 0 Å². The van der Waals surface area contributed by atoms with E-state index in [9.17, 15) is 13.2 Å². The number of hydrogen-bond acceptors (Lipinski definition) is 4. The van der Waals surface area contributed by atoms with E-state index in [4.69, 9.17) is 0 Å². The van der Waals surface area contributed by atoms with Gasteiger partial charge in [0.1, 0.15) is 5.69 Å². The van der Waals surface area contributed by atoms with Crippen LogP contribution in [0.5, 0.6) is 0 Å². The Bertz CT molecular complexity index is 1030. The molecule has 3 rings (SSSR count). The third kappa shape index (κ3) is 4.44. The number of hydrogen-bond donors (Lipinski definition) is 2. The number of rotatable bonds is 6. The first-order valence-corrected chi connectivity index (χ1v) is 9.75. The molecule has 1 aromatic heterocycles. The summed E-state index contributed by atoms with van der Waals surface area (Å²) in [5, 5.41) is 3.81. The van der Waals surface area contributed by atoms with Gasteiger partial charge in [-0.15, -0.1) is 0 Å². The summed E-state index contributed by atoms with van der Waals surface area (Å²) in [5.41, 5.74) is 2.70. The number of benzene rings is 2. The minimum Gasteiger partial charge on any atom is -0.347 e. The molecule has 1 heterocycles. The van der Waals surface area contributed by atoms with Gasteiger partial charge in [-0.2, -0.15) is 0 Å². The molecule has 26 heavy (non-hydrogen) atoms. The Morgan fingerprint density at radius 2 is 1.65 bits per heavy atom. The highest BCUT2D eigenvalue weighted by Gasteiger charge is 2.10. The van der Waals surface area contributed by atoms with Crippen molar-refractivity contribution in [1.29, 1.82) is 0 Å². The lowest BCUT2D eigenvalue weighted by Gasteiger charge is -2.07. The summed E-state index contributed by atoms with van der Waals surface area (Å²) < 4.78 is 25.4. The predicted octanol–water partition coefficient (Wildman–Crippen LogP) is 2.21. The Morgan fingerprint density at radius 1 is 0.962 bits per heavy atom. The molecule has 6 nitrogen and oxygen atoms in total. The van der Waals surface area contributed by atoms with E-state index in [-0.39, 0.29) is 11.7 Å². The van der Waals surface area contributed by atoms with Gasteiger partial charge in [-0.25, -0.2) is 18.1 Å². The number of nitrogens with zero attached hydrogens (tertiary/aromatic N) is 1. The highest BCUT2D eigenvalue weighted by Crippen LogP contribution is 2.12. The second-order valence-electron chi connectivity index (χ2n) is 5.85. The van der Waals surface area contributed by atoms with Crippen LogP contribution in [0, 0.1) is 0 Å². The maximum Gasteiger partial charge on any atom is 0.270 e. The maximum absolute atomic E-state index is 12.3. The molecule has 0 aliphatic heterocycles. The van der Waals surface area contributed by atoms with Crippen LogP contribution >= 0.6 is 0 Å². The summed E-state index contributed by atoms with van der Waals surface area (Å²) in [5.74, 6) is -0.325. The van der Waals surface area contributed by atoms with Crippen LogP contribution in [0.1, 0.15) is 21.6 Å². The molecule has 0 aliphatic rings. The number of amides is 1. The van der Waals surface area contributed by atoms with E-state index in [1.54, 1.807) is 30.3 Å². The topological polar surface area (TPSA) is 88.2 Å². The van der Waals surface area contributed by atoms with Gasteiger partial charge in [-0.1, -0.05) is 48.5 Å². The van der Waals surface area contributed by atoms with E-state index in [2.05, 4.69) is 15.0 Å². The van der Waals surface area contributed by atoms with Gasteiger partial charge in [-0.05, 0) is 30.3 Å². The summed E-state index contributed by atoms with van der Waals surface area (Å²) in [4.78, 5) is 16.7. The molecule has 7 heteroatoms. The highest BCUT2D eigenvalue weighted by molar-refractivity contribution is 7.88. The van der Waals surface area contributed by atoms with Crippen LogP contribution in [-0.4, -0.2) is 26.4 Å². The highest BCUT2D eigenvalue weighted by atomic mass is 32.2. The normalized spacial score (nSPS) is 11.4. The van der Waals surface area contributed by atoms with Crippen molar-refractivity contribution in [1.82, 2.24) is 15.0 Å². The molecule has 2 aromatic carbocycles. The van der Waals surface area contributed by atoms with Crippen molar-refractivity contribution in [2.24, 2.45) is 0 Å². The summed E-state index contributed by atoms with van der Waals surface area (Å²) in [6.45, 7) is 0.340. The van der Waals surface area contributed by atoms with E-state index in [1.807, 2.05) is 30.3 Å². The molecule has 1 amide bonds. The monoisotopic (exact) mass is 369 g/mol. The molecule has 3 aromatic rings. The fourth-order valence-electron chi connectivity index (χ4n) is 2.51. The second kappa shape index (κ2) is 7.63. The minimum absolute atomic E-state index is 0.0723. The average molecular weight is 369 g/mol. The molecular weight excluding hydrogens is 350 g/mol. The summed E-state index contributed by atoms with van der Waals surface area (Å²) in [6, 6.07) is 18.3. The Hall–Kier alpha value is -2.77. The van der Waals surface area contributed by atoms with Crippen LogP contribution in [0.15, 0.2) is 60.7 Å². The largest absolute Gasteiger partial charge is 0.347 e. The van der Waals surface area contributed by atoms with Crippen molar-refractivity contribution in [3.63, 3.8) is 0 Å². The number of sulfonamides is 1. The lowest BCUT2D eigenvalue weighted by molar-refractivity contribution is 0.0946. The van der Waals surface area contributed by atoms with E-state index >= 15 is 0 Å². The van der Waals surface area contributed by atoms with Gasteiger partial charge in [0.25, 0.3) is 5.91 Å². The molecule has 0 aliphatic carbocycles. The first kappa shape index (κ1) is 18.0. The standard InChI is InChI=1S/C19H19N3O3S/c1-20-26(24,25)13-15-8-6-14(7-9-15)12-21-19(23)18-11-10-16-4-2-3-5-17(16)22-18/h2-11,20H,12-13H2,1H3,(H,21,23). The van der Waals surface area contributed by atoms with Gasteiger partial charge in [0, 0.05) is 11.9 Å². The number of fused-ring (bicyclic) bond motifs is 1. The third-order valence-corrected chi connectivity index (χ3v) is 5.31. The van der Waals surface area contributed by atoms with Gasteiger partial charge >= 0.3 is 0 Å². The Balaban J connectivity index is 1.63. The Kier molecular flexibility index (Phi) is 5.29. The van der Waals surface area contributed by atoms with E-state index in [0.29, 0.717) is 17.8 Å². The number of carbonyl (C=O) groups is 1. The number of nitrogens with one attached hydrogen (secondary N) is 2. The number of aromatic nitrogens is 1. The minimum atomic E-state index is -3.29. The van der Waals surface area contributed by atoms with E-state index in [0.717, 1.165) is 16.5 Å². The number of pyridine rings is 1. The fourth-order valence-corrected chi connectivity index (χ4v) is 3.29. The summed E-state index contributed by atoms with van der Waals surface area (Å²) >= 11 is 0. The van der Waals surface area contributed by atoms with Crippen LogP contribution in [-0.2, 0) is 22.3 Å². The molecule has 0 fully saturated rings. The molecule has 2 N–H and O–H groups in total. The zero-order chi connectivity index (χ0) is 18.6. The number of para-hydroxylation sites is 1.